The molecule has 0 atom stereocenters. The van der Waals surface area contributed by atoms with Gasteiger partial charge in [-0.25, -0.2) is 8.42 Å². The smallest absolute Gasteiger partial charge is 0.271 e. The number of hydrogen-bond donors (Lipinski definition) is 2. The number of ether oxygens (including phenoxy) is 1. The number of anilines is 1. The molecule has 0 aliphatic rings. The van der Waals surface area contributed by atoms with Crippen LogP contribution in [0.5, 0.6) is 5.75 Å². The van der Waals surface area contributed by atoms with Crippen LogP contribution in [0.3, 0.4) is 0 Å². The molecule has 0 saturated carbocycles. The van der Waals surface area contributed by atoms with Crippen LogP contribution >= 0.6 is 22.9 Å². The normalized spacial score (nSPS) is 11.1. The maximum Gasteiger partial charge on any atom is 0.271 e. The van der Waals surface area contributed by atoms with E-state index in [0.29, 0.717) is 10.8 Å². The molecule has 0 saturated heterocycles. The molecule has 0 spiro atoms. The Morgan fingerprint density at radius 3 is 2.70 bits per heavy atom. The number of carbonyl (C=O) groups excluding carboxylic acids is 1. The first kappa shape index (κ1) is 17.6. The minimum atomic E-state index is -3.76. The molecular weight excluding hydrogens is 360 g/mol. The minimum Gasteiger partial charge on any atom is -0.495 e. The van der Waals surface area contributed by atoms with Gasteiger partial charge in [0.15, 0.2) is 0 Å². The van der Waals surface area contributed by atoms with Crippen LogP contribution in [-0.4, -0.2) is 21.4 Å². The van der Waals surface area contributed by atoms with Gasteiger partial charge in [0.1, 0.15) is 9.96 Å². The molecule has 6 nitrogen and oxygen atoms in total. The fourth-order valence-electron chi connectivity index (χ4n) is 1.76. The number of hydrogen-bond acceptors (Lipinski definition) is 5. The van der Waals surface area contributed by atoms with Gasteiger partial charge in [0, 0.05) is 16.8 Å². The summed E-state index contributed by atoms with van der Waals surface area (Å²) >= 11 is 6.98. The van der Waals surface area contributed by atoms with Crippen molar-refractivity contribution < 1.29 is 17.9 Å². The Labute approximate surface area is 143 Å². The van der Waals surface area contributed by atoms with Gasteiger partial charge in [0.2, 0.25) is 5.91 Å². The maximum atomic E-state index is 12.4. The number of carbonyl (C=O) groups is 1. The van der Waals surface area contributed by atoms with Gasteiger partial charge in [0.25, 0.3) is 10.0 Å². The molecule has 124 valence electrons. The highest BCUT2D eigenvalue weighted by molar-refractivity contribution is 7.94. The zero-order chi connectivity index (χ0) is 17.0. The fraction of sp³-hybridized carbons (Fsp3) is 0.214. The quantitative estimate of drug-likeness (QED) is 0.814. The topological polar surface area (TPSA) is 84.5 Å². The Morgan fingerprint density at radius 1 is 1.30 bits per heavy atom. The molecule has 0 aliphatic heterocycles. The molecule has 0 bridgehead atoms. The molecule has 1 aromatic heterocycles. The highest BCUT2D eigenvalue weighted by atomic mass is 35.5. The van der Waals surface area contributed by atoms with Crippen molar-refractivity contribution in [3.63, 3.8) is 0 Å². The lowest BCUT2D eigenvalue weighted by molar-refractivity contribution is -0.119. The van der Waals surface area contributed by atoms with Crippen molar-refractivity contribution in [3.8, 4) is 5.75 Å². The second-order valence-corrected chi connectivity index (χ2v) is 8.09. The molecule has 2 aromatic rings. The summed E-state index contributed by atoms with van der Waals surface area (Å²) in [6.45, 7) is 1.69. The van der Waals surface area contributed by atoms with Gasteiger partial charge in [-0.1, -0.05) is 11.6 Å². The van der Waals surface area contributed by atoms with Crippen LogP contribution in [0.15, 0.2) is 34.5 Å². The van der Waals surface area contributed by atoms with E-state index in [1.54, 1.807) is 18.2 Å². The van der Waals surface area contributed by atoms with Crippen LogP contribution in [0, 0.1) is 0 Å². The third-order valence-corrected chi connectivity index (χ3v) is 6.00. The van der Waals surface area contributed by atoms with E-state index in [4.69, 9.17) is 16.3 Å². The van der Waals surface area contributed by atoms with Crippen molar-refractivity contribution in [2.75, 3.05) is 11.8 Å². The van der Waals surface area contributed by atoms with Crippen molar-refractivity contribution >= 4 is 44.6 Å². The number of rotatable bonds is 6. The maximum absolute atomic E-state index is 12.4. The van der Waals surface area contributed by atoms with Crippen LogP contribution in [0.4, 0.5) is 5.69 Å². The van der Waals surface area contributed by atoms with Crippen LogP contribution < -0.4 is 14.8 Å². The summed E-state index contributed by atoms with van der Waals surface area (Å²) in [4.78, 5) is 11.6. The molecule has 0 aliphatic carbocycles. The Hall–Kier alpha value is -1.77. The average Bonchev–Trinajstić information content (AvgIpc) is 2.95. The highest BCUT2D eigenvalue weighted by Crippen LogP contribution is 2.31. The zero-order valence-electron chi connectivity index (χ0n) is 12.4. The van der Waals surface area contributed by atoms with Gasteiger partial charge < -0.3 is 10.1 Å². The molecular formula is C14H15ClN2O4S2. The lowest BCUT2D eigenvalue weighted by Gasteiger charge is -2.11. The number of sulfonamides is 1. The van der Waals surface area contributed by atoms with Crippen molar-refractivity contribution in [2.45, 2.75) is 17.7 Å². The molecule has 0 unspecified atom stereocenters. The van der Waals surface area contributed by atoms with Gasteiger partial charge in [-0.15, -0.1) is 11.3 Å². The van der Waals surface area contributed by atoms with Crippen LogP contribution in [0.2, 0.25) is 5.02 Å². The predicted octanol–water partition coefficient (Wildman–Crippen LogP) is 2.85. The van der Waals surface area contributed by atoms with E-state index in [1.165, 1.54) is 26.2 Å². The van der Waals surface area contributed by atoms with Crippen molar-refractivity contribution in [3.05, 3.63) is 40.2 Å². The fourth-order valence-corrected chi connectivity index (χ4v) is 4.29. The Morgan fingerprint density at radius 2 is 2.04 bits per heavy atom. The summed E-state index contributed by atoms with van der Waals surface area (Å²) in [6, 6.07) is 7.81. The van der Waals surface area contributed by atoms with Gasteiger partial charge in [-0.2, -0.15) is 0 Å². The number of methoxy groups -OCH3 is 1. The van der Waals surface area contributed by atoms with Crippen molar-refractivity contribution in [2.24, 2.45) is 0 Å². The van der Waals surface area contributed by atoms with Gasteiger partial charge in [-0.05, 0) is 30.3 Å². The van der Waals surface area contributed by atoms with Crippen molar-refractivity contribution in [1.82, 2.24) is 5.32 Å². The summed E-state index contributed by atoms with van der Waals surface area (Å²) in [5.74, 6) is 0.192. The van der Waals surface area contributed by atoms with Crippen LogP contribution in [-0.2, 0) is 21.4 Å². The number of halogens is 1. The first-order chi connectivity index (χ1) is 10.8. The third kappa shape index (κ3) is 4.60. The Kier molecular flexibility index (Phi) is 5.51. The second kappa shape index (κ2) is 7.20. The number of thiophene rings is 1. The van der Waals surface area contributed by atoms with E-state index in [9.17, 15) is 13.2 Å². The minimum absolute atomic E-state index is 0.139. The third-order valence-electron chi connectivity index (χ3n) is 2.82. The summed E-state index contributed by atoms with van der Waals surface area (Å²) in [6.07, 6.45) is 0. The molecule has 1 amide bonds. The van der Waals surface area contributed by atoms with E-state index in [-0.39, 0.29) is 22.3 Å². The van der Waals surface area contributed by atoms with E-state index in [1.807, 2.05) is 0 Å². The van der Waals surface area contributed by atoms with Crippen LogP contribution in [0.25, 0.3) is 0 Å². The molecule has 0 fully saturated rings. The average molecular weight is 375 g/mol. The van der Waals surface area contributed by atoms with Gasteiger partial charge in [0.05, 0.1) is 19.3 Å². The number of benzene rings is 1. The standard InChI is InChI=1S/C14H15ClN2O4S2/c1-9(18)16-8-11-4-6-14(22-11)23(19,20)17-12-7-10(15)3-5-13(12)21-2/h3-7,17H,8H2,1-2H3,(H,16,18). The number of amides is 1. The first-order valence-electron chi connectivity index (χ1n) is 6.51. The monoisotopic (exact) mass is 374 g/mol. The van der Waals surface area contributed by atoms with Gasteiger partial charge in [-0.3, -0.25) is 9.52 Å². The van der Waals surface area contributed by atoms with Crippen molar-refractivity contribution in [1.29, 1.82) is 0 Å². The molecule has 2 N–H and O–H groups in total. The van der Waals surface area contributed by atoms with E-state index in [2.05, 4.69) is 10.0 Å². The highest BCUT2D eigenvalue weighted by Gasteiger charge is 2.19. The van der Waals surface area contributed by atoms with E-state index >= 15 is 0 Å². The summed E-state index contributed by atoms with van der Waals surface area (Å²) in [7, 11) is -2.32. The zero-order valence-corrected chi connectivity index (χ0v) is 14.8. The molecule has 9 heteroatoms. The molecule has 2 rings (SSSR count). The first-order valence-corrected chi connectivity index (χ1v) is 9.19. The van der Waals surface area contributed by atoms with Crippen LogP contribution in [0.1, 0.15) is 11.8 Å². The van der Waals surface area contributed by atoms with E-state index < -0.39 is 10.0 Å². The van der Waals surface area contributed by atoms with Gasteiger partial charge >= 0.3 is 0 Å². The Bertz CT molecular complexity index is 818. The second-order valence-electron chi connectivity index (χ2n) is 4.58. The molecule has 1 aromatic carbocycles. The predicted molar refractivity (Wildman–Crippen MR) is 90.7 cm³/mol. The summed E-state index contributed by atoms with van der Waals surface area (Å²) < 4.78 is 32.6. The summed E-state index contributed by atoms with van der Waals surface area (Å²) in [5.41, 5.74) is 0.261. The Balaban J connectivity index is 2.22. The lowest BCUT2D eigenvalue weighted by atomic mass is 10.3. The largest absolute Gasteiger partial charge is 0.495 e. The van der Waals surface area contributed by atoms with E-state index in [0.717, 1.165) is 16.2 Å². The lowest BCUT2D eigenvalue weighted by Crippen LogP contribution is -2.18. The molecule has 0 radical (unpaired) electrons. The summed E-state index contributed by atoms with van der Waals surface area (Å²) in [5, 5.41) is 3.01. The SMILES string of the molecule is COc1ccc(Cl)cc1NS(=O)(=O)c1ccc(CNC(C)=O)s1. The molecule has 1 heterocycles. The molecule has 23 heavy (non-hydrogen) atoms. The number of nitrogens with one attached hydrogen (secondary N) is 2.